The summed E-state index contributed by atoms with van der Waals surface area (Å²) in [4.78, 5) is 15.6. The van der Waals surface area contributed by atoms with E-state index in [1.54, 1.807) is 7.11 Å². The van der Waals surface area contributed by atoms with Gasteiger partial charge in [-0.1, -0.05) is 49.6 Å². The minimum atomic E-state index is -0.304. The van der Waals surface area contributed by atoms with Gasteiger partial charge in [-0.25, -0.2) is 0 Å². The van der Waals surface area contributed by atoms with Crippen molar-refractivity contribution in [3.05, 3.63) is 59.7 Å². The van der Waals surface area contributed by atoms with Crippen LogP contribution in [-0.2, 0) is 11.2 Å². The molecule has 0 saturated heterocycles. The number of carbonyl (C=O) groups excluding carboxylic acids is 1. The van der Waals surface area contributed by atoms with E-state index in [0.717, 1.165) is 37.1 Å². The minimum Gasteiger partial charge on any atom is -0.497 e. The fourth-order valence-electron chi connectivity index (χ4n) is 4.42. The van der Waals surface area contributed by atoms with E-state index >= 15 is 0 Å². The molecule has 1 fully saturated rings. The molecular weight excluding hydrogens is 336 g/mol. The molecule has 0 unspecified atom stereocenters. The SMILES string of the molecule is COc1ccc([C@H](C(=O)NC2CCCCC2)N2CCc3ccccc32)cc1. The molecule has 2 aliphatic rings. The van der Waals surface area contributed by atoms with Crippen molar-refractivity contribution in [3.63, 3.8) is 0 Å². The lowest BCUT2D eigenvalue weighted by atomic mass is 9.94. The molecular formula is C23H28N2O2. The quantitative estimate of drug-likeness (QED) is 0.862. The van der Waals surface area contributed by atoms with Crippen LogP contribution >= 0.6 is 0 Å². The maximum atomic E-state index is 13.4. The van der Waals surface area contributed by atoms with E-state index < -0.39 is 0 Å². The molecule has 1 saturated carbocycles. The number of anilines is 1. The summed E-state index contributed by atoms with van der Waals surface area (Å²) in [7, 11) is 1.67. The number of nitrogens with zero attached hydrogens (tertiary/aromatic N) is 1. The van der Waals surface area contributed by atoms with E-state index in [1.807, 2.05) is 24.3 Å². The number of nitrogens with one attached hydrogen (secondary N) is 1. The Bertz CT molecular complexity index is 781. The van der Waals surface area contributed by atoms with Crippen LogP contribution in [0.2, 0.25) is 0 Å². The first-order valence-electron chi connectivity index (χ1n) is 10.0. The first-order valence-corrected chi connectivity index (χ1v) is 10.0. The second kappa shape index (κ2) is 8.03. The Kier molecular flexibility index (Phi) is 5.33. The molecule has 0 aromatic heterocycles. The molecule has 142 valence electrons. The van der Waals surface area contributed by atoms with Crippen LogP contribution in [0.15, 0.2) is 48.5 Å². The van der Waals surface area contributed by atoms with Crippen molar-refractivity contribution in [3.8, 4) is 5.75 Å². The fourth-order valence-corrected chi connectivity index (χ4v) is 4.42. The Morgan fingerprint density at radius 1 is 1.07 bits per heavy atom. The molecule has 1 aliphatic carbocycles. The predicted octanol–water partition coefficient (Wildman–Crippen LogP) is 4.25. The Hall–Kier alpha value is -2.49. The topological polar surface area (TPSA) is 41.6 Å². The summed E-state index contributed by atoms with van der Waals surface area (Å²) in [5.41, 5.74) is 3.51. The average Bonchev–Trinajstić information content (AvgIpc) is 3.13. The zero-order chi connectivity index (χ0) is 18.6. The Labute approximate surface area is 161 Å². The summed E-state index contributed by atoms with van der Waals surface area (Å²) >= 11 is 0. The van der Waals surface area contributed by atoms with Crippen LogP contribution in [0.5, 0.6) is 5.75 Å². The smallest absolute Gasteiger partial charge is 0.247 e. The molecule has 1 amide bonds. The number of hydrogen-bond acceptors (Lipinski definition) is 3. The Balaban J connectivity index is 1.63. The van der Waals surface area contributed by atoms with E-state index in [9.17, 15) is 4.79 Å². The number of fused-ring (bicyclic) bond motifs is 1. The van der Waals surface area contributed by atoms with Crippen molar-refractivity contribution >= 4 is 11.6 Å². The number of ether oxygens (including phenoxy) is 1. The Morgan fingerprint density at radius 2 is 1.81 bits per heavy atom. The fraction of sp³-hybridized carbons (Fsp3) is 0.435. The summed E-state index contributed by atoms with van der Waals surface area (Å²) in [6.45, 7) is 0.869. The lowest BCUT2D eigenvalue weighted by molar-refractivity contribution is -0.123. The molecule has 1 heterocycles. The monoisotopic (exact) mass is 364 g/mol. The van der Waals surface area contributed by atoms with Gasteiger partial charge in [0.2, 0.25) is 5.91 Å². The second-order valence-corrected chi connectivity index (χ2v) is 7.59. The van der Waals surface area contributed by atoms with Gasteiger partial charge in [0.25, 0.3) is 0 Å². The van der Waals surface area contributed by atoms with Crippen LogP contribution in [0, 0.1) is 0 Å². The van der Waals surface area contributed by atoms with Gasteiger partial charge in [0.15, 0.2) is 0 Å². The van der Waals surface area contributed by atoms with Gasteiger partial charge in [-0.2, -0.15) is 0 Å². The van der Waals surface area contributed by atoms with Crippen molar-refractivity contribution in [1.29, 1.82) is 0 Å². The molecule has 0 spiro atoms. The highest BCUT2D eigenvalue weighted by molar-refractivity contribution is 5.87. The molecule has 1 aliphatic heterocycles. The molecule has 1 N–H and O–H groups in total. The van der Waals surface area contributed by atoms with Gasteiger partial charge in [0.1, 0.15) is 11.8 Å². The molecule has 2 aromatic carbocycles. The number of methoxy groups -OCH3 is 1. The molecule has 27 heavy (non-hydrogen) atoms. The highest BCUT2D eigenvalue weighted by Gasteiger charge is 2.33. The van der Waals surface area contributed by atoms with Crippen LogP contribution in [0.1, 0.15) is 49.3 Å². The summed E-state index contributed by atoms with van der Waals surface area (Å²) in [5, 5.41) is 3.34. The summed E-state index contributed by atoms with van der Waals surface area (Å²) in [5.74, 6) is 0.927. The number of benzene rings is 2. The molecule has 1 atom stereocenters. The van der Waals surface area contributed by atoms with Crippen LogP contribution in [0.4, 0.5) is 5.69 Å². The molecule has 4 heteroatoms. The first kappa shape index (κ1) is 17.9. The summed E-state index contributed by atoms with van der Waals surface area (Å²) < 4.78 is 5.30. The van der Waals surface area contributed by atoms with Gasteiger partial charge < -0.3 is 15.0 Å². The number of rotatable bonds is 5. The molecule has 2 aromatic rings. The predicted molar refractivity (Wildman–Crippen MR) is 108 cm³/mol. The third-order valence-electron chi connectivity index (χ3n) is 5.87. The third kappa shape index (κ3) is 3.80. The van der Waals surface area contributed by atoms with E-state index in [1.165, 1.54) is 30.5 Å². The van der Waals surface area contributed by atoms with Crippen molar-refractivity contribution in [2.75, 3.05) is 18.6 Å². The number of carbonyl (C=O) groups is 1. The first-order chi connectivity index (χ1) is 13.3. The van der Waals surface area contributed by atoms with Gasteiger partial charge in [-0.05, 0) is 48.6 Å². The van der Waals surface area contributed by atoms with E-state index in [2.05, 4.69) is 34.5 Å². The van der Waals surface area contributed by atoms with Crippen LogP contribution in [-0.4, -0.2) is 25.6 Å². The standard InChI is InChI=1S/C23H28N2O2/c1-27-20-13-11-18(12-14-20)22(23(26)24-19-8-3-2-4-9-19)25-16-15-17-7-5-6-10-21(17)25/h5-7,10-14,19,22H,2-4,8-9,15-16H2,1H3,(H,24,26)/t22-/m1/s1. The Morgan fingerprint density at radius 3 is 2.56 bits per heavy atom. The highest BCUT2D eigenvalue weighted by atomic mass is 16.5. The largest absolute Gasteiger partial charge is 0.497 e. The molecule has 4 nitrogen and oxygen atoms in total. The summed E-state index contributed by atoms with van der Waals surface area (Å²) in [6.07, 6.45) is 6.89. The zero-order valence-electron chi connectivity index (χ0n) is 16.0. The maximum Gasteiger partial charge on any atom is 0.247 e. The second-order valence-electron chi connectivity index (χ2n) is 7.59. The van der Waals surface area contributed by atoms with Gasteiger partial charge in [-0.15, -0.1) is 0 Å². The molecule has 4 rings (SSSR count). The summed E-state index contributed by atoms with van der Waals surface area (Å²) in [6, 6.07) is 16.4. The lowest BCUT2D eigenvalue weighted by Gasteiger charge is -2.32. The van der Waals surface area contributed by atoms with Crippen LogP contribution in [0.3, 0.4) is 0 Å². The third-order valence-corrected chi connectivity index (χ3v) is 5.87. The van der Waals surface area contributed by atoms with Gasteiger partial charge in [-0.3, -0.25) is 4.79 Å². The van der Waals surface area contributed by atoms with Crippen molar-refractivity contribution in [2.24, 2.45) is 0 Å². The molecule has 0 radical (unpaired) electrons. The van der Waals surface area contributed by atoms with Crippen LogP contribution in [0.25, 0.3) is 0 Å². The minimum absolute atomic E-state index is 0.115. The number of hydrogen-bond donors (Lipinski definition) is 1. The van der Waals surface area contributed by atoms with Gasteiger partial charge in [0, 0.05) is 18.3 Å². The van der Waals surface area contributed by atoms with E-state index in [0.29, 0.717) is 6.04 Å². The lowest BCUT2D eigenvalue weighted by Crippen LogP contribution is -2.44. The number of para-hydroxylation sites is 1. The van der Waals surface area contributed by atoms with Gasteiger partial charge in [0.05, 0.1) is 7.11 Å². The average molecular weight is 364 g/mol. The normalized spacial score (nSPS) is 18.0. The number of amides is 1. The molecule has 0 bridgehead atoms. The zero-order valence-corrected chi connectivity index (χ0v) is 16.0. The van der Waals surface area contributed by atoms with Crippen LogP contribution < -0.4 is 15.0 Å². The van der Waals surface area contributed by atoms with E-state index in [4.69, 9.17) is 4.74 Å². The van der Waals surface area contributed by atoms with Gasteiger partial charge >= 0.3 is 0 Å². The maximum absolute atomic E-state index is 13.4. The van der Waals surface area contributed by atoms with E-state index in [-0.39, 0.29) is 11.9 Å². The van der Waals surface area contributed by atoms with Crippen molar-refractivity contribution in [2.45, 2.75) is 50.6 Å². The van der Waals surface area contributed by atoms with Crippen molar-refractivity contribution in [1.82, 2.24) is 5.32 Å². The highest BCUT2D eigenvalue weighted by Crippen LogP contribution is 2.36. The van der Waals surface area contributed by atoms with Crippen molar-refractivity contribution < 1.29 is 9.53 Å².